The van der Waals surface area contributed by atoms with Crippen molar-refractivity contribution in [3.8, 4) is 22.9 Å². The molecule has 0 radical (unpaired) electrons. The number of nitrogens with one attached hydrogen (secondary N) is 1. The maximum atomic E-state index is 6.54. The Morgan fingerprint density at radius 1 is 1.04 bits per heavy atom. The van der Waals surface area contributed by atoms with E-state index in [1.165, 1.54) is 14.2 Å². The van der Waals surface area contributed by atoms with Crippen LogP contribution in [0.15, 0.2) is 18.3 Å². The second-order valence-electron chi connectivity index (χ2n) is 6.44. The first-order valence-corrected chi connectivity index (χ1v) is 9.28. The average molecular weight is 405 g/mol. The summed E-state index contributed by atoms with van der Waals surface area (Å²) in [6.45, 7) is 1.94. The molecule has 1 aromatic carbocycles. The normalized spacial score (nSPS) is 13.7. The standard InChI is InChI=1S/C19H18Cl2N4O2/c1-9-6-11-12(8-22-9)24-19(25-18(11)23-10-4-5-10)15-16(20)13(26-2)7-14(27-3)17(15)21/h6-8,10H,4-5H2,1-3H3,(H,23,24,25). The third-order valence-electron chi connectivity index (χ3n) is 4.43. The summed E-state index contributed by atoms with van der Waals surface area (Å²) in [7, 11) is 3.07. The first-order chi connectivity index (χ1) is 13.0. The quantitative estimate of drug-likeness (QED) is 0.651. The average Bonchev–Trinajstić information content (AvgIpc) is 3.47. The Morgan fingerprint density at radius 2 is 1.70 bits per heavy atom. The van der Waals surface area contributed by atoms with Crippen LogP contribution in [0.25, 0.3) is 22.3 Å². The molecule has 0 amide bonds. The molecule has 2 aromatic heterocycles. The van der Waals surface area contributed by atoms with Gasteiger partial charge in [-0.2, -0.15) is 0 Å². The number of benzene rings is 1. The van der Waals surface area contributed by atoms with Gasteiger partial charge in [0.15, 0.2) is 5.82 Å². The van der Waals surface area contributed by atoms with Gasteiger partial charge in [0, 0.05) is 23.2 Å². The molecule has 1 fully saturated rings. The monoisotopic (exact) mass is 404 g/mol. The Balaban J connectivity index is 1.98. The molecule has 0 atom stereocenters. The number of fused-ring (bicyclic) bond motifs is 1. The van der Waals surface area contributed by atoms with Gasteiger partial charge in [-0.05, 0) is 25.8 Å². The van der Waals surface area contributed by atoms with E-state index in [0.29, 0.717) is 44.5 Å². The highest BCUT2D eigenvalue weighted by Gasteiger charge is 2.25. The van der Waals surface area contributed by atoms with Crippen LogP contribution in [-0.2, 0) is 0 Å². The largest absolute Gasteiger partial charge is 0.495 e. The predicted octanol–water partition coefficient (Wildman–Crippen LogP) is 4.90. The number of hydrogen-bond donors (Lipinski definition) is 1. The highest BCUT2D eigenvalue weighted by atomic mass is 35.5. The number of anilines is 1. The molecule has 6 nitrogen and oxygen atoms in total. The van der Waals surface area contributed by atoms with Crippen molar-refractivity contribution in [2.75, 3.05) is 19.5 Å². The van der Waals surface area contributed by atoms with Crippen molar-refractivity contribution < 1.29 is 9.47 Å². The van der Waals surface area contributed by atoms with Gasteiger partial charge in [-0.3, -0.25) is 4.98 Å². The van der Waals surface area contributed by atoms with Gasteiger partial charge in [0.1, 0.15) is 17.3 Å². The fourth-order valence-corrected chi connectivity index (χ4v) is 3.53. The summed E-state index contributed by atoms with van der Waals surface area (Å²) in [5, 5.41) is 5.05. The zero-order valence-electron chi connectivity index (χ0n) is 15.1. The topological polar surface area (TPSA) is 69.2 Å². The van der Waals surface area contributed by atoms with Gasteiger partial charge >= 0.3 is 0 Å². The smallest absolute Gasteiger partial charge is 0.165 e. The van der Waals surface area contributed by atoms with Gasteiger partial charge in [-0.15, -0.1) is 0 Å². The minimum atomic E-state index is 0.333. The number of nitrogens with zero attached hydrogens (tertiary/aromatic N) is 3. The van der Waals surface area contributed by atoms with Gasteiger partial charge in [-0.1, -0.05) is 23.2 Å². The molecule has 0 unspecified atom stereocenters. The van der Waals surface area contributed by atoms with E-state index in [0.717, 1.165) is 29.7 Å². The number of hydrogen-bond acceptors (Lipinski definition) is 6. The molecule has 0 aliphatic heterocycles. The highest BCUT2D eigenvalue weighted by Crippen LogP contribution is 2.45. The molecule has 1 N–H and O–H groups in total. The summed E-state index contributed by atoms with van der Waals surface area (Å²) in [6.07, 6.45) is 3.98. The Hall–Kier alpha value is -2.31. The van der Waals surface area contributed by atoms with E-state index in [9.17, 15) is 0 Å². The molecule has 2 heterocycles. The van der Waals surface area contributed by atoms with Crippen LogP contribution in [0, 0.1) is 6.92 Å². The lowest BCUT2D eigenvalue weighted by Gasteiger charge is -2.15. The van der Waals surface area contributed by atoms with Gasteiger partial charge in [0.25, 0.3) is 0 Å². The molecule has 0 spiro atoms. The van der Waals surface area contributed by atoms with Crippen molar-refractivity contribution in [2.24, 2.45) is 0 Å². The molecule has 8 heteroatoms. The van der Waals surface area contributed by atoms with Gasteiger partial charge in [0.2, 0.25) is 0 Å². The number of rotatable bonds is 5. The summed E-state index contributed by atoms with van der Waals surface area (Å²) in [6, 6.07) is 4.04. The molecular weight excluding hydrogens is 387 g/mol. The molecule has 4 rings (SSSR count). The molecule has 0 bridgehead atoms. The van der Waals surface area contributed by atoms with E-state index < -0.39 is 0 Å². The molecule has 3 aromatic rings. The zero-order chi connectivity index (χ0) is 19.1. The van der Waals surface area contributed by atoms with Gasteiger partial charge in [0.05, 0.1) is 41.5 Å². The third-order valence-corrected chi connectivity index (χ3v) is 5.18. The van der Waals surface area contributed by atoms with Crippen molar-refractivity contribution in [3.05, 3.63) is 34.1 Å². The van der Waals surface area contributed by atoms with E-state index in [-0.39, 0.29) is 0 Å². The Labute approximate surface area is 166 Å². The van der Waals surface area contributed by atoms with Crippen LogP contribution in [0.2, 0.25) is 10.0 Å². The lowest BCUT2D eigenvalue weighted by Crippen LogP contribution is -2.07. The number of methoxy groups -OCH3 is 2. The van der Waals surface area contributed by atoms with Crippen LogP contribution < -0.4 is 14.8 Å². The van der Waals surface area contributed by atoms with Crippen LogP contribution in [0.1, 0.15) is 18.5 Å². The van der Waals surface area contributed by atoms with Crippen molar-refractivity contribution in [2.45, 2.75) is 25.8 Å². The van der Waals surface area contributed by atoms with Gasteiger partial charge in [-0.25, -0.2) is 9.97 Å². The van der Waals surface area contributed by atoms with Crippen molar-refractivity contribution in [3.63, 3.8) is 0 Å². The summed E-state index contributed by atoms with van der Waals surface area (Å²) >= 11 is 13.1. The van der Waals surface area contributed by atoms with E-state index in [2.05, 4.69) is 15.3 Å². The summed E-state index contributed by atoms with van der Waals surface area (Å²) in [5.41, 5.74) is 2.08. The van der Waals surface area contributed by atoms with Crippen molar-refractivity contribution in [1.29, 1.82) is 0 Å². The van der Waals surface area contributed by atoms with Crippen molar-refractivity contribution >= 4 is 39.9 Å². The summed E-state index contributed by atoms with van der Waals surface area (Å²) in [4.78, 5) is 13.7. The minimum Gasteiger partial charge on any atom is -0.495 e. The van der Waals surface area contributed by atoms with Crippen LogP contribution in [0.4, 0.5) is 5.82 Å². The second kappa shape index (κ2) is 7.02. The maximum absolute atomic E-state index is 6.54. The molecule has 1 aliphatic rings. The molecular formula is C19H18Cl2N4O2. The second-order valence-corrected chi connectivity index (χ2v) is 7.20. The van der Waals surface area contributed by atoms with Crippen molar-refractivity contribution in [1.82, 2.24) is 15.0 Å². The fraction of sp³-hybridized carbons (Fsp3) is 0.316. The summed E-state index contributed by atoms with van der Waals surface area (Å²) < 4.78 is 10.7. The minimum absolute atomic E-state index is 0.333. The Bertz CT molecular complexity index is 1010. The Kier molecular flexibility index (Phi) is 4.70. The number of aromatic nitrogens is 3. The number of pyridine rings is 1. The van der Waals surface area contributed by atoms with E-state index in [4.69, 9.17) is 37.7 Å². The zero-order valence-corrected chi connectivity index (χ0v) is 16.6. The summed E-state index contributed by atoms with van der Waals surface area (Å²) in [5.74, 6) is 2.02. The van der Waals surface area contributed by atoms with Crippen LogP contribution >= 0.6 is 23.2 Å². The van der Waals surface area contributed by atoms with E-state index in [1.54, 1.807) is 12.3 Å². The Morgan fingerprint density at radius 3 is 2.30 bits per heavy atom. The first-order valence-electron chi connectivity index (χ1n) is 8.53. The number of aryl methyl sites for hydroxylation is 1. The highest BCUT2D eigenvalue weighted by molar-refractivity contribution is 6.41. The lowest BCUT2D eigenvalue weighted by atomic mass is 10.1. The lowest BCUT2D eigenvalue weighted by molar-refractivity contribution is 0.395. The molecule has 140 valence electrons. The van der Waals surface area contributed by atoms with Gasteiger partial charge < -0.3 is 14.8 Å². The number of ether oxygens (including phenoxy) is 2. The fourth-order valence-electron chi connectivity index (χ4n) is 2.86. The third kappa shape index (κ3) is 3.35. The van der Waals surface area contributed by atoms with E-state index in [1.807, 2.05) is 13.0 Å². The van der Waals surface area contributed by atoms with Crippen LogP contribution in [0.5, 0.6) is 11.5 Å². The first kappa shape index (κ1) is 18.1. The molecule has 0 saturated heterocycles. The maximum Gasteiger partial charge on any atom is 0.165 e. The van der Waals surface area contributed by atoms with Crippen LogP contribution in [-0.4, -0.2) is 35.2 Å². The predicted molar refractivity (Wildman–Crippen MR) is 107 cm³/mol. The molecule has 1 saturated carbocycles. The number of halogens is 2. The van der Waals surface area contributed by atoms with Crippen LogP contribution in [0.3, 0.4) is 0 Å². The molecule has 1 aliphatic carbocycles. The van der Waals surface area contributed by atoms with E-state index >= 15 is 0 Å². The SMILES string of the molecule is COc1cc(OC)c(Cl)c(-c2nc(NC3CC3)c3cc(C)ncc3n2)c1Cl. The molecule has 27 heavy (non-hydrogen) atoms.